The van der Waals surface area contributed by atoms with Crippen LogP contribution in [-0.4, -0.2) is 47.7 Å². The highest BCUT2D eigenvalue weighted by molar-refractivity contribution is 5.85. The summed E-state index contributed by atoms with van der Waals surface area (Å²) in [5.74, 6) is -0.427. The van der Waals surface area contributed by atoms with E-state index in [1.807, 2.05) is 6.07 Å². The Morgan fingerprint density at radius 2 is 2.15 bits per heavy atom. The molecule has 0 spiro atoms. The number of amides is 1. The number of ether oxygens (including phenoxy) is 1. The fraction of sp³-hybridized carbons (Fsp3) is 0.786. The number of carbonyl (C=O) groups is 2. The van der Waals surface area contributed by atoms with Crippen LogP contribution in [-0.2, 0) is 14.3 Å². The number of likely N-dealkylation sites (tertiary alicyclic amines) is 1. The average Bonchev–Trinajstić information content (AvgIpc) is 2.93. The van der Waals surface area contributed by atoms with E-state index in [1.54, 1.807) is 4.90 Å². The summed E-state index contributed by atoms with van der Waals surface area (Å²) in [5, 5.41) is 17.1. The van der Waals surface area contributed by atoms with Crippen molar-refractivity contribution in [2.45, 2.75) is 51.0 Å². The maximum atomic E-state index is 12.1. The molecule has 1 atom stereocenters. The number of esters is 1. The summed E-state index contributed by atoms with van der Waals surface area (Å²) in [6.45, 7) is 0.826. The van der Waals surface area contributed by atoms with Gasteiger partial charge in [-0.15, -0.1) is 0 Å². The molecule has 0 aromatic carbocycles. The minimum Gasteiger partial charge on any atom is -0.463 e. The third kappa shape index (κ3) is 5.17. The van der Waals surface area contributed by atoms with Gasteiger partial charge in [-0.05, 0) is 25.7 Å². The molecular weight excluding hydrogens is 260 g/mol. The van der Waals surface area contributed by atoms with Gasteiger partial charge >= 0.3 is 5.97 Å². The molecule has 0 aliphatic carbocycles. The fourth-order valence-electron chi connectivity index (χ4n) is 2.31. The number of carbonyl (C=O) groups excluding carboxylic acids is 2. The predicted molar refractivity (Wildman–Crippen MR) is 71.5 cm³/mol. The van der Waals surface area contributed by atoms with E-state index in [9.17, 15) is 9.59 Å². The highest BCUT2D eigenvalue weighted by Gasteiger charge is 2.34. The molecule has 0 aromatic rings. The molecule has 1 N–H and O–H groups in total. The van der Waals surface area contributed by atoms with E-state index in [-0.39, 0.29) is 25.5 Å². The van der Waals surface area contributed by atoms with E-state index in [2.05, 4.69) is 0 Å². The standard InChI is InChI=1S/C14H22N2O4/c15-8-5-11-20-14(19)12-6-4-9-16(12)13(18)7-2-1-3-10-17/h12,17H,1-7,9-11H2/t12-/m0/s1. The maximum absolute atomic E-state index is 12.1. The Kier molecular flexibility index (Phi) is 7.66. The van der Waals surface area contributed by atoms with E-state index in [1.165, 1.54) is 0 Å². The van der Waals surface area contributed by atoms with Crippen molar-refractivity contribution in [3.8, 4) is 6.07 Å². The smallest absolute Gasteiger partial charge is 0.328 e. The van der Waals surface area contributed by atoms with E-state index < -0.39 is 12.0 Å². The molecule has 112 valence electrons. The number of hydrogen-bond acceptors (Lipinski definition) is 5. The summed E-state index contributed by atoms with van der Waals surface area (Å²) in [5.41, 5.74) is 0. The van der Waals surface area contributed by atoms with Gasteiger partial charge in [-0.3, -0.25) is 4.79 Å². The van der Waals surface area contributed by atoms with Gasteiger partial charge in [-0.1, -0.05) is 6.42 Å². The molecule has 1 aliphatic heterocycles. The minimum absolute atomic E-state index is 0.0253. The zero-order chi connectivity index (χ0) is 14.8. The molecule has 0 aromatic heterocycles. The second kappa shape index (κ2) is 9.32. The Hall–Kier alpha value is -1.61. The van der Waals surface area contributed by atoms with Crippen LogP contribution in [0.5, 0.6) is 0 Å². The monoisotopic (exact) mass is 282 g/mol. The Morgan fingerprint density at radius 1 is 1.35 bits per heavy atom. The lowest BCUT2D eigenvalue weighted by Gasteiger charge is -2.23. The number of unbranched alkanes of at least 4 members (excludes halogenated alkanes) is 2. The molecular formula is C14H22N2O4. The third-order valence-corrected chi connectivity index (χ3v) is 3.35. The number of hydrogen-bond donors (Lipinski definition) is 1. The van der Waals surface area contributed by atoms with Crippen molar-refractivity contribution in [3.63, 3.8) is 0 Å². The Bertz CT molecular complexity index is 365. The van der Waals surface area contributed by atoms with Crippen LogP contribution in [0.1, 0.15) is 44.9 Å². The van der Waals surface area contributed by atoms with Crippen molar-refractivity contribution >= 4 is 11.9 Å². The Balaban J connectivity index is 2.37. The molecule has 1 heterocycles. The van der Waals surface area contributed by atoms with Gasteiger partial charge in [-0.25, -0.2) is 4.79 Å². The van der Waals surface area contributed by atoms with Crippen LogP contribution < -0.4 is 0 Å². The van der Waals surface area contributed by atoms with Gasteiger partial charge in [-0.2, -0.15) is 5.26 Å². The number of aliphatic hydroxyl groups is 1. The van der Waals surface area contributed by atoms with Gasteiger partial charge in [0.1, 0.15) is 12.6 Å². The molecule has 1 amide bonds. The summed E-state index contributed by atoms with van der Waals surface area (Å²) in [4.78, 5) is 25.5. The van der Waals surface area contributed by atoms with Gasteiger partial charge in [0.15, 0.2) is 0 Å². The first kappa shape index (κ1) is 16.4. The minimum atomic E-state index is -0.487. The van der Waals surface area contributed by atoms with Gasteiger partial charge in [0.25, 0.3) is 0 Å². The second-order valence-electron chi connectivity index (χ2n) is 4.86. The predicted octanol–water partition coefficient (Wildman–Crippen LogP) is 0.987. The maximum Gasteiger partial charge on any atom is 0.328 e. The summed E-state index contributed by atoms with van der Waals surface area (Å²) in [7, 11) is 0. The topological polar surface area (TPSA) is 90.6 Å². The molecule has 0 saturated carbocycles. The molecule has 0 unspecified atom stereocenters. The number of aliphatic hydroxyl groups excluding tert-OH is 1. The Morgan fingerprint density at radius 3 is 2.85 bits per heavy atom. The lowest BCUT2D eigenvalue weighted by Crippen LogP contribution is -2.41. The number of nitrogens with zero attached hydrogens (tertiary/aromatic N) is 2. The summed E-state index contributed by atoms with van der Waals surface area (Å²) >= 11 is 0. The summed E-state index contributed by atoms with van der Waals surface area (Å²) in [6, 6.07) is 1.42. The van der Waals surface area contributed by atoms with Crippen molar-refractivity contribution in [2.24, 2.45) is 0 Å². The van der Waals surface area contributed by atoms with Gasteiger partial charge < -0.3 is 14.7 Å². The van der Waals surface area contributed by atoms with Gasteiger partial charge in [0.2, 0.25) is 5.91 Å². The van der Waals surface area contributed by atoms with Crippen LogP contribution in [0.2, 0.25) is 0 Å². The van der Waals surface area contributed by atoms with Crippen LogP contribution in [0.25, 0.3) is 0 Å². The third-order valence-electron chi connectivity index (χ3n) is 3.35. The Labute approximate surface area is 119 Å². The van der Waals surface area contributed by atoms with Crippen LogP contribution in [0, 0.1) is 11.3 Å². The van der Waals surface area contributed by atoms with Crippen molar-refractivity contribution in [3.05, 3.63) is 0 Å². The van der Waals surface area contributed by atoms with E-state index >= 15 is 0 Å². The lowest BCUT2D eigenvalue weighted by atomic mass is 10.1. The van der Waals surface area contributed by atoms with Crippen LogP contribution in [0.15, 0.2) is 0 Å². The van der Waals surface area contributed by atoms with Gasteiger partial charge in [0.05, 0.1) is 12.5 Å². The van der Waals surface area contributed by atoms with Crippen molar-refractivity contribution in [1.29, 1.82) is 5.26 Å². The number of nitriles is 1. The number of rotatable bonds is 8. The fourth-order valence-corrected chi connectivity index (χ4v) is 2.31. The van der Waals surface area contributed by atoms with Crippen LogP contribution >= 0.6 is 0 Å². The largest absolute Gasteiger partial charge is 0.463 e. The van der Waals surface area contributed by atoms with Crippen molar-refractivity contribution in [1.82, 2.24) is 4.90 Å². The zero-order valence-electron chi connectivity index (χ0n) is 11.7. The van der Waals surface area contributed by atoms with E-state index in [4.69, 9.17) is 15.1 Å². The molecule has 1 aliphatic rings. The van der Waals surface area contributed by atoms with Crippen molar-refractivity contribution in [2.75, 3.05) is 19.8 Å². The molecule has 1 rings (SSSR count). The molecule has 0 radical (unpaired) electrons. The first-order valence-electron chi connectivity index (χ1n) is 7.14. The zero-order valence-corrected chi connectivity index (χ0v) is 11.7. The normalized spacial score (nSPS) is 17.8. The van der Waals surface area contributed by atoms with Crippen molar-refractivity contribution < 1.29 is 19.4 Å². The highest BCUT2D eigenvalue weighted by Crippen LogP contribution is 2.20. The SMILES string of the molecule is N#CCCOC(=O)[C@@H]1CCCN1C(=O)CCCCCO. The lowest BCUT2D eigenvalue weighted by molar-refractivity contribution is -0.153. The molecule has 6 nitrogen and oxygen atoms in total. The van der Waals surface area contributed by atoms with Crippen LogP contribution in [0.3, 0.4) is 0 Å². The molecule has 1 saturated heterocycles. The highest BCUT2D eigenvalue weighted by atomic mass is 16.5. The quantitative estimate of drug-likeness (QED) is 0.529. The second-order valence-corrected chi connectivity index (χ2v) is 4.86. The van der Waals surface area contributed by atoms with Gasteiger partial charge in [0, 0.05) is 19.6 Å². The molecule has 0 bridgehead atoms. The summed E-state index contributed by atoms with van der Waals surface area (Å²) < 4.78 is 5.00. The first-order valence-corrected chi connectivity index (χ1v) is 7.14. The van der Waals surface area contributed by atoms with E-state index in [0.29, 0.717) is 25.8 Å². The molecule has 20 heavy (non-hydrogen) atoms. The van der Waals surface area contributed by atoms with Crippen LogP contribution in [0.4, 0.5) is 0 Å². The molecule has 1 fully saturated rings. The van der Waals surface area contributed by atoms with E-state index in [0.717, 1.165) is 19.3 Å². The summed E-state index contributed by atoms with van der Waals surface area (Å²) in [6.07, 6.45) is 4.26. The first-order chi connectivity index (χ1) is 9.70. The molecule has 6 heteroatoms. The average molecular weight is 282 g/mol.